The Balaban J connectivity index is 1.63. The second kappa shape index (κ2) is 12.6. The molecule has 0 spiro atoms. The van der Waals surface area contributed by atoms with Gasteiger partial charge in [-0.3, -0.25) is 4.84 Å². The van der Waals surface area contributed by atoms with Gasteiger partial charge in [0.15, 0.2) is 5.79 Å². The average Bonchev–Trinajstić information content (AvgIpc) is 2.97. The molecule has 4 nitrogen and oxygen atoms in total. The molecular weight excluding hydrogens is 470 g/mol. The van der Waals surface area contributed by atoms with Crippen molar-refractivity contribution in [2.75, 3.05) is 6.61 Å². The Morgan fingerprint density at radius 2 is 1.18 bits per heavy atom. The van der Waals surface area contributed by atoms with E-state index in [1.165, 1.54) is 5.56 Å². The van der Waals surface area contributed by atoms with Crippen LogP contribution in [-0.4, -0.2) is 28.5 Å². The summed E-state index contributed by atoms with van der Waals surface area (Å²) in [5, 5.41) is 2.31. The summed E-state index contributed by atoms with van der Waals surface area (Å²) >= 11 is 0. The molecule has 4 heteroatoms. The molecule has 204 valence electrons. The van der Waals surface area contributed by atoms with Gasteiger partial charge in [0.25, 0.3) is 0 Å². The molecule has 3 aromatic rings. The zero-order valence-corrected chi connectivity index (χ0v) is 23.9. The van der Waals surface area contributed by atoms with Crippen LogP contribution in [0.4, 0.5) is 0 Å². The van der Waals surface area contributed by atoms with Gasteiger partial charge in [-0.25, -0.2) is 0 Å². The van der Waals surface area contributed by atoms with E-state index in [-0.39, 0.29) is 17.0 Å². The van der Waals surface area contributed by atoms with Crippen LogP contribution in [0.15, 0.2) is 91.0 Å². The first-order chi connectivity index (χ1) is 18.4. The maximum absolute atomic E-state index is 6.90. The summed E-state index contributed by atoms with van der Waals surface area (Å²) in [6, 6.07) is 31.4. The van der Waals surface area contributed by atoms with Crippen molar-refractivity contribution < 1.29 is 14.3 Å². The van der Waals surface area contributed by atoms with Crippen LogP contribution in [0.1, 0.15) is 70.6 Å². The van der Waals surface area contributed by atoms with Crippen molar-refractivity contribution >= 4 is 0 Å². The molecule has 0 aromatic heterocycles. The second-order valence-corrected chi connectivity index (χ2v) is 11.2. The molecule has 1 aliphatic rings. The lowest BCUT2D eigenvalue weighted by atomic mass is 9.67. The number of ether oxygens (including phenoxy) is 2. The lowest BCUT2D eigenvalue weighted by Crippen LogP contribution is -2.72. The Kier molecular flexibility index (Phi) is 9.43. The minimum absolute atomic E-state index is 0.0591. The van der Waals surface area contributed by atoms with Gasteiger partial charge in [-0.1, -0.05) is 112 Å². The van der Waals surface area contributed by atoms with Gasteiger partial charge in [-0.2, -0.15) is 5.06 Å². The molecular formula is C34H45NO3. The lowest BCUT2D eigenvalue weighted by Gasteiger charge is -2.62. The minimum atomic E-state index is -0.763. The monoisotopic (exact) mass is 515 g/mol. The summed E-state index contributed by atoms with van der Waals surface area (Å²) in [5.74, 6) is -0.704. The van der Waals surface area contributed by atoms with Crippen molar-refractivity contribution in [3.63, 3.8) is 0 Å². The molecule has 38 heavy (non-hydrogen) atoms. The predicted molar refractivity (Wildman–Crippen MR) is 154 cm³/mol. The van der Waals surface area contributed by atoms with Crippen LogP contribution < -0.4 is 0 Å². The normalized spacial score (nSPS) is 25.3. The van der Waals surface area contributed by atoms with Gasteiger partial charge in [0.1, 0.15) is 0 Å². The van der Waals surface area contributed by atoms with E-state index in [9.17, 15) is 0 Å². The Bertz CT molecular complexity index is 1060. The quantitative estimate of drug-likeness (QED) is 0.229. The highest BCUT2D eigenvalue weighted by molar-refractivity contribution is 5.17. The number of nitrogens with zero attached hydrogens (tertiary/aromatic N) is 1. The first kappa shape index (κ1) is 28.5. The largest absolute Gasteiger partial charge is 0.345 e. The van der Waals surface area contributed by atoms with E-state index in [1.807, 2.05) is 12.1 Å². The average molecular weight is 516 g/mol. The van der Waals surface area contributed by atoms with E-state index < -0.39 is 5.79 Å². The first-order valence-corrected chi connectivity index (χ1v) is 14.2. The Morgan fingerprint density at radius 3 is 1.63 bits per heavy atom. The third-order valence-electron chi connectivity index (χ3n) is 8.76. The van der Waals surface area contributed by atoms with Crippen molar-refractivity contribution in [3.05, 3.63) is 108 Å². The number of piperidine rings is 1. The molecule has 0 saturated carbocycles. The summed E-state index contributed by atoms with van der Waals surface area (Å²) < 4.78 is 13.8. The molecule has 1 aliphatic heterocycles. The fourth-order valence-corrected chi connectivity index (χ4v) is 5.90. The number of hydrogen-bond donors (Lipinski definition) is 0. The van der Waals surface area contributed by atoms with Crippen LogP contribution in [0.25, 0.3) is 0 Å². The zero-order valence-electron chi connectivity index (χ0n) is 23.9. The second-order valence-electron chi connectivity index (χ2n) is 11.2. The van der Waals surface area contributed by atoms with Crippen molar-refractivity contribution in [1.29, 1.82) is 0 Å². The van der Waals surface area contributed by atoms with Crippen molar-refractivity contribution in [2.24, 2.45) is 5.92 Å². The summed E-state index contributed by atoms with van der Waals surface area (Å²) in [4.78, 5) is 6.71. The van der Waals surface area contributed by atoms with E-state index in [0.29, 0.717) is 19.8 Å². The van der Waals surface area contributed by atoms with Gasteiger partial charge in [-0.05, 0) is 49.8 Å². The number of hydroxylamine groups is 2. The molecule has 1 saturated heterocycles. The highest BCUT2D eigenvalue weighted by atomic mass is 16.7. The summed E-state index contributed by atoms with van der Waals surface area (Å²) in [7, 11) is 0. The molecule has 1 fully saturated rings. The molecule has 0 radical (unpaired) electrons. The van der Waals surface area contributed by atoms with Gasteiger partial charge in [-0.15, -0.1) is 0 Å². The highest BCUT2D eigenvalue weighted by Gasteiger charge is 2.61. The van der Waals surface area contributed by atoms with Crippen LogP contribution in [-0.2, 0) is 33.9 Å². The van der Waals surface area contributed by atoms with Crippen LogP contribution in [0.5, 0.6) is 0 Å². The summed E-state index contributed by atoms with van der Waals surface area (Å²) in [6.45, 7) is 13.1. The Hall–Kier alpha value is -2.50. The van der Waals surface area contributed by atoms with E-state index in [2.05, 4.69) is 119 Å². The topological polar surface area (TPSA) is 30.9 Å². The zero-order chi connectivity index (χ0) is 27.1. The van der Waals surface area contributed by atoms with Gasteiger partial charge in [0.2, 0.25) is 0 Å². The third-order valence-corrected chi connectivity index (χ3v) is 8.76. The van der Waals surface area contributed by atoms with Crippen molar-refractivity contribution in [2.45, 2.75) is 90.4 Å². The molecule has 0 aliphatic carbocycles. The van der Waals surface area contributed by atoms with Gasteiger partial charge < -0.3 is 9.47 Å². The van der Waals surface area contributed by atoms with Gasteiger partial charge in [0.05, 0.1) is 25.4 Å². The summed E-state index contributed by atoms with van der Waals surface area (Å²) in [6.07, 6.45) is 3.44. The van der Waals surface area contributed by atoms with Crippen molar-refractivity contribution in [1.82, 2.24) is 5.06 Å². The molecule has 1 heterocycles. The highest BCUT2D eigenvalue weighted by Crippen LogP contribution is 2.53. The standard InChI is InChI=1S/C34H45NO3/c1-6-32(4)27-34(36-25-30-19-13-9-14-20-30,37-26-31-21-15-10-16-22-31)28(3)33(5,7-2)35(32)38-24-23-29-17-11-8-12-18-29/h8-22,28H,6-7,23-27H2,1-5H3. The van der Waals surface area contributed by atoms with Gasteiger partial charge in [0, 0.05) is 17.9 Å². The maximum atomic E-state index is 6.90. The number of rotatable bonds is 12. The van der Waals surface area contributed by atoms with E-state index in [0.717, 1.165) is 36.8 Å². The molecule has 0 amide bonds. The van der Waals surface area contributed by atoms with Crippen LogP contribution in [0.2, 0.25) is 0 Å². The Labute approximate surface area is 229 Å². The lowest BCUT2D eigenvalue weighted by molar-refractivity contribution is -0.392. The van der Waals surface area contributed by atoms with Crippen LogP contribution >= 0.6 is 0 Å². The molecule has 0 N–H and O–H groups in total. The van der Waals surface area contributed by atoms with Crippen molar-refractivity contribution in [3.8, 4) is 0 Å². The fourth-order valence-electron chi connectivity index (χ4n) is 5.90. The minimum Gasteiger partial charge on any atom is -0.345 e. The number of benzene rings is 3. The Morgan fingerprint density at radius 1 is 0.711 bits per heavy atom. The molecule has 0 bridgehead atoms. The summed E-state index contributed by atoms with van der Waals surface area (Å²) in [5.41, 5.74) is 3.05. The molecule has 3 atom stereocenters. The number of hydrogen-bond acceptors (Lipinski definition) is 4. The van der Waals surface area contributed by atoms with E-state index in [4.69, 9.17) is 14.3 Å². The van der Waals surface area contributed by atoms with Crippen LogP contribution in [0, 0.1) is 5.92 Å². The first-order valence-electron chi connectivity index (χ1n) is 14.2. The van der Waals surface area contributed by atoms with Crippen LogP contribution in [0.3, 0.4) is 0 Å². The molecule has 3 unspecified atom stereocenters. The fraction of sp³-hybridized carbons (Fsp3) is 0.471. The molecule has 4 rings (SSSR count). The third kappa shape index (κ3) is 6.21. The SMILES string of the molecule is CCC1(C)CC(OCc2ccccc2)(OCc2ccccc2)C(C)C(C)(CC)N1OCCc1ccccc1. The van der Waals surface area contributed by atoms with E-state index in [1.54, 1.807) is 0 Å². The van der Waals surface area contributed by atoms with E-state index >= 15 is 0 Å². The maximum Gasteiger partial charge on any atom is 0.175 e. The van der Waals surface area contributed by atoms with Gasteiger partial charge >= 0.3 is 0 Å². The predicted octanol–water partition coefficient (Wildman–Crippen LogP) is 7.97. The molecule has 3 aromatic carbocycles. The smallest absolute Gasteiger partial charge is 0.175 e.